The Morgan fingerprint density at radius 3 is 2.81 bits per heavy atom. The Bertz CT molecular complexity index is 510. The molecule has 1 aliphatic heterocycles. The van der Waals surface area contributed by atoms with Gasteiger partial charge in [-0.1, -0.05) is 28.9 Å². The van der Waals surface area contributed by atoms with Gasteiger partial charge in [0.2, 0.25) is 0 Å². The topological polar surface area (TPSA) is 49.6 Å². The molecule has 1 unspecified atom stereocenters. The summed E-state index contributed by atoms with van der Waals surface area (Å²) in [6, 6.07) is 5.89. The SMILES string of the molecule is CCC1CN(C)CCCN1c1ccc(CBr)cc1[N+](=O)[O-]. The highest BCUT2D eigenvalue weighted by molar-refractivity contribution is 9.08. The van der Waals surface area contributed by atoms with Crippen LogP contribution >= 0.6 is 15.9 Å². The maximum Gasteiger partial charge on any atom is 0.292 e. The zero-order valence-electron chi connectivity index (χ0n) is 12.6. The van der Waals surface area contributed by atoms with Crippen LogP contribution < -0.4 is 4.90 Å². The van der Waals surface area contributed by atoms with Crippen LogP contribution in [0.15, 0.2) is 18.2 Å². The molecule has 1 atom stereocenters. The molecule has 0 saturated carbocycles. The smallest absolute Gasteiger partial charge is 0.292 e. The van der Waals surface area contributed by atoms with Crippen LogP contribution in [0.2, 0.25) is 0 Å². The third-order valence-corrected chi connectivity index (χ3v) is 4.72. The number of nitro groups is 1. The van der Waals surface area contributed by atoms with Crippen molar-refractivity contribution in [1.29, 1.82) is 0 Å². The Labute approximate surface area is 134 Å². The number of hydrogen-bond donors (Lipinski definition) is 0. The summed E-state index contributed by atoms with van der Waals surface area (Å²) in [7, 11) is 2.12. The zero-order chi connectivity index (χ0) is 15.4. The van der Waals surface area contributed by atoms with Crippen LogP contribution in [0.5, 0.6) is 0 Å². The minimum atomic E-state index is -0.261. The monoisotopic (exact) mass is 355 g/mol. The highest BCUT2D eigenvalue weighted by atomic mass is 79.9. The van der Waals surface area contributed by atoms with Gasteiger partial charge in [-0.15, -0.1) is 0 Å². The number of nitro benzene ring substituents is 1. The second-order valence-corrected chi connectivity index (χ2v) is 6.15. The molecule has 0 N–H and O–H groups in total. The Balaban J connectivity index is 2.40. The lowest BCUT2D eigenvalue weighted by Crippen LogP contribution is -2.40. The molecule has 116 valence electrons. The quantitative estimate of drug-likeness (QED) is 0.471. The summed E-state index contributed by atoms with van der Waals surface area (Å²) in [6.07, 6.45) is 2.02. The molecular formula is C15H22BrN3O2. The highest BCUT2D eigenvalue weighted by Gasteiger charge is 2.27. The van der Waals surface area contributed by atoms with Crippen LogP contribution in [0.4, 0.5) is 11.4 Å². The number of nitrogens with zero attached hydrogens (tertiary/aromatic N) is 3. The molecule has 0 bridgehead atoms. The van der Waals surface area contributed by atoms with Gasteiger partial charge in [-0.05, 0) is 38.1 Å². The summed E-state index contributed by atoms with van der Waals surface area (Å²) in [5, 5.41) is 12.1. The lowest BCUT2D eigenvalue weighted by atomic mass is 10.1. The van der Waals surface area contributed by atoms with Crippen molar-refractivity contribution in [3.05, 3.63) is 33.9 Å². The molecule has 0 spiro atoms. The molecule has 1 heterocycles. The van der Waals surface area contributed by atoms with Crippen LogP contribution in [-0.2, 0) is 5.33 Å². The molecule has 2 rings (SSSR count). The van der Waals surface area contributed by atoms with Crippen LogP contribution in [0.3, 0.4) is 0 Å². The van der Waals surface area contributed by atoms with Crippen molar-refractivity contribution in [1.82, 2.24) is 4.90 Å². The van der Waals surface area contributed by atoms with Crippen molar-refractivity contribution in [3.8, 4) is 0 Å². The van der Waals surface area contributed by atoms with Crippen molar-refractivity contribution >= 4 is 27.3 Å². The molecule has 0 aromatic heterocycles. The molecule has 0 amide bonds. The standard InChI is InChI=1S/C15H22BrN3O2/c1-3-13-11-17(2)7-4-8-18(13)14-6-5-12(10-16)9-15(14)19(20)21/h5-6,9,13H,3-4,7-8,10-11H2,1-2H3. The first kappa shape index (κ1) is 16.2. The molecular weight excluding hydrogens is 334 g/mol. The van der Waals surface area contributed by atoms with Crippen molar-refractivity contribution in [3.63, 3.8) is 0 Å². The lowest BCUT2D eigenvalue weighted by molar-refractivity contribution is -0.384. The van der Waals surface area contributed by atoms with E-state index in [2.05, 4.69) is 39.7 Å². The lowest BCUT2D eigenvalue weighted by Gasteiger charge is -2.32. The van der Waals surface area contributed by atoms with Crippen LogP contribution in [0.25, 0.3) is 0 Å². The van der Waals surface area contributed by atoms with Crippen molar-refractivity contribution < 1.29 is 4.92 Å². The molecule has 1 fully saturated rings. The molecule has 1 aromatic carbocycles. The van der Waals surface area contributed by atoms with Crippen LogP contribution in [0.1, 0.15) is 25.3 Å². The number of likely N-dealkylation sites (N-methyl/N-ethyl adjacent to an activating group) is 1. The largest absolute Gasteiger partial charge is 0.362 e. The molecule has 21 heavy (non-hydrogen) atoms. The van der Waals surface area contributed by atoms with Crippen LogP contribution in [0, 0.1) is 10.1 Å². The summed E-state index contributed by atoms with van der Waals surface area (Å²) in [6.45, 7) is 5.01. The Kier molecular flexibility index (Phi) is 5.58. The van der Waals surface area contributed by atoms with E-state index in [4.69, 9.17) is 0 Å². The van der Waals surface area contributed by atoms with E-state index < -0.39 is 0 Å². The van der Waals surface area contributed by atoms with Crippen LogP contribution in [-0.4, -0.2) is 42.5 Å². The first-order chi connectivity index (χ1) is 10.1. The molecule has 5 nitrogen and oxygen atoms in total. The van der Waals surface area contributed by atoms with Crippen molar-refractivity contribution in [2.75, 3.05) is 31.6 Å². The van der Waals surface area contributed by atoms with Gasteiger partial charge in [0, 0.05) is 30.5 Å². The van der Waals surface area contributed by atoms with Gasteiger partial charge in [-0.2, -0.15) is 0 Å². The van der Waals surface area contributed by atoms with E-state index in [9.17, 15) is 10.1 Å². The number of hydrogen-bond acceptors (Lipinski definition) is 4. The maximum atomic E-state index is 11.4. The van der Waals surface area contributed by atoms with Gasteiger partial charge < -0.3 is 9.80 Å². The first-order valence-electron chi connectivity index (χ1n) is 7.35. The molecule has 0 radical (unpaired) electrons. The number of anilines is 1. The predicted octanol–water partition coefficient (Wildman–Crippen LogP) is 3.41. The van der Waals surface area contributed by atoms with Gasteiger partial charge in [0.15, 0.2) is 0 Å². The maximum absolute atomic E-state index is 11.4. The molecule has 1 aromatic rings. The zero-order valence-corrected chi connectivity index (χ0v) is 14.2. The van der Waals surface area contributed by atoms with E-state index in [0.29, 0.717) is 11.4 Å². The number of alkyl halides is 1. The summed E-state index contributed by atoms with van der Waals surface area (Å²) >= 11 is 3.36. The predicted molar refractivity (Wildman–Crippen MR) is 89.3 cm³/mol. The highest BCUT2D eigenvalue weighted by Crippen LogP contribution is 2.33. The summed E-state index contributed by atoms with van der Waals surface area (Å²) in [4.78, 5) is 15.7. The number of halogens is 1. The molecule has 1 saturated heterocycles. The van der Waals surface area contributed by atoms with Crippen molar-refractivity contribution in [2.45, 2.75) is 31.1 Å². The third-order valence-electron chi connectivity index (χ3n) is 4.07. The van der Waals surface area contributed by atoms with Gasteiger partial charge in [-0.3, -0.25) is 10.1 Å². The van der Waals surface area contributed by atoms with Gasteiger partial charge in [0.05, 0.1) is 4.92 Å². The Hall–Kier alpha value is -1.14. The van der Waals surface area contributed by atoms with E-state index in [1.165, 1.54) is 0 Å². The number of rotatable bonds is 4. The fraction of sp³-hybridized carbons (Fsp3) is 0.600. The van der Waals surface area contributed by atoms with Gasteiger partial charge >= 0.3 is 0 Å². The molecule has 0 aliphatic carbocycles. The van der Waals surface area contributed by atoms with E-state index in [-0.39, 0.29) is 10.6 Å². The van der Waals surface area contributed by atoms with E-state index >= 15 is 0 Å². The fourth-order valence-electron chi connectivity index (χ4n) is 2.95. The number of benzene rings is 1. The minimum absolute atomic E-state index is 0.218. The minimum Gasteiger partial charge on any atom is -0.362 e. The van der Waals surface area contributed by atoms with E-state index in [1.807, 2.05) is 12.1 Å². The van der Waals surface area contributed by atoms with E-state index in [1.54, 1.807) is 6.07 Å². The average Bonchev–Trinajstić information content (AvgIpc) is 2.67. The summed E-state index contributed by atoms with van der Waals surface area (Å²) in [5.41, 5.74) is 1.91. The normalized spacial score (nSPS) is 20.3. The second-order valence-electron chi connectivity index (χ2n) is 5.59. The summed E-state index contributed by atoms with van der Waals surface area (Å²) < 4.78 is 0. The summed E-state index contributed by atoms with van der Waals surface area (Å²) in [5.74, 6) is 0. The fourth-order valence-corrected chi connectivity index (χ4v) is 3.30. The van der Waals surface area contributed by atoms with Gasteiger partial charge in [0.25, 0.3) is 5.69 Å². The van der Waals surface area contributed by atoms with E-state index in [0.717, 1.165) is 43.7 Å². The average molecular weight is 356 g/mol. The molecule has 1 aliphatic rings. The van der Waals surface area contributed by atoms with Crippen molar-refractivity contribution in [2.24, 2.45) is 0 Å². The van der Waals surface area contributed by atoms with Gasteiger partial charge in [0.1, 0.15) is 5.69 Å². The molecule has 6 heteroatoms. The van der Waals surface area contributed by atoms with Gasteiger partial charge in [-0.25, -0.2) is 0 Å². The Morgan fingerprint density at radius 1 is 1.43 bits per heavy atom. The first-order valence-corrected chi connectivity index (χ1v) is 8.47. The Morgan fingerprint density at radius 2 is 2.19 bits per heavy atom. The third kappa shape index (κ3) is 3.74. The second kappa shape index (κ2) is 7.22.